The standard InChI is InChI=1S/C17H15ClN2/c18-10-17-19-15-7-3-4-8-16(15)20(17)11-13-9-12-5-1-2-6-14(12)13/h1-8,13H,9-11H2. The van der Waals surface area contributed by atoms with Gasteiger partial charge in [0, 0.05) is 12.5 Å². The summed E-state index contributed by atoms with van der Waals surface area (Å²) < 4.78 is 2.28. The Morgan fingerprint density at radius 1 is 1.10 bits per heavy atom. The van der Waals surface area contributed by atoms with Gasteiger partial charge in [-0.25, -0.2) is 4.98 Å². The zero-order chi connectivity index (χ0) is 13.5. The first-order valence-corrected chi connectivity index (χ1v) is 7.48. The molecule has 1 atom stereocenters. The summed E-state index contributed by atoms with van der Waals surface area (Å²) in [6.07, 6.45) is 1.16. The monoisotopic (exact) mass is 282 g/mol. The summed E-state index contributed by atoms with van der Waals surface area (Å²) in [5.74, 6) is 2.02. The second kappa shape index (κ2) is 4.64. The Bertz CT molecular complexity index is 776. The van der Waals surface area contributed by atoms with Gasteiger partial charge < -0.3 is 4.57 Å². The van der Waals surface area contributed by atoms with Gasteiger partial charge >= 0.3 is 0 Å². The van der Waals surface area contributed by atoms with Crippen molar-refractivity contribution in [1.82, 2.24) is 9.55 Å². The quantitative estimate of drug-likeness (QED) is 0.661. The molecule has 1 unspecified atom stereocenters. The maximum Gasteiger partial charge on any atom is 0.124 e. The summed E-state index contributed by atoms with van der Waals surface area (Å²) in [6.45, 7) is 0.972. The lowest BCUT2D eigenvalue weighted by Gasteiger charge is -2.31. The van der Waals surface area contributed by atoms with E-state index in [1.54, 1.807) is 0 Å². The Labute approximate surface area is 123 Å². The van der Waals surface area contributed by atoms with Gasteiger partial charge in [0.05, 0.1) is 16.9 Å². The number of benzene rings is 2. The van der Waals surface area contributed by atoms with Crippen molar-refractivity contribution in [3.05, 3.63) is 65.5 Å². The van der Waals surface area contributed by atoms with Crippen LogP contribution in [-0.2, 0) is 18.8 Å². The smallest absolute Gasteiger partial charge is 0.124 e. The van der Waals surface area contributed by atoms with Gasteiger partial charge in [0.25, 0.3) is 0 Å². The van der Waals surface area contributed by atoms with Crippen molar-refractivity contribution in [1.29, 1.82) is 0 Å². The highest BCUT2D eigenvalue weighted by atomic mass is 35.5. The summed E-state index contributed by atoms with van der Waals surface area (Å²) in [5, 5.41) is 0. The SMILES string of the molecule is ClCc1nc2ccccc2n1CC1Cc2ccccc21. The lowest BCUT2D eigenvalue weighted by molar-refractivity contribution is 0.508. The minimum atomic E-state index is 0.461. The van der Waals surface area contributed by atoms with Crippen molar-refractivity contribution >= 4 is 22.6 Å². The average molecular weight is 283 g/mol. The number of hydrogen-bond donors (Lipinski definition) is 0. The third-order valence-corrected chi connectivity index (χ3v) is 4.46. The Hall–Kier alpha value is -1.80. The molecule has 0 saturated heterocycles. The minimum Gasteiger partial charge on any atom is -0.326 e. The predicted molar refractivity (Wildman–Crippen MR) is 82.2 cm³/mol. The number of para-hydroxylation sites is 2. The fourth-order valence-electron chi connectivity index (χ4n) is 3.18. The lowest BCUT2D eigenvalue weighted by atomic mass is 9.77. The van der Waals surface area contributed by atoms with Crippen LogP contribution in [0.4, 0.5) is 0 Å². The second-order valence-electron chi connectivity index (χ2n) is 5.36. The average Bonchev–Trinajstić information content (AvgIpc) is 2.83. The largest absolute Gasteiger partial charge is 0.326 e. The summed E-state index contributed by atoms with van der Waals surface area (Å²) in [6, 6.07) is 17.0. The molecule has 0 aliphatic heterocycles. The third-order valence-electron chi connectivity index (χ3n) is 4.22. The van der Waals surface area contributed by atoms with Gasteiger partial charge in [0.15, 0.2) is 0 Å². The minimum absolute atomic E-state index is 0.461. The van der Waals surface area contributed by atoms with Gasteiger partial charge in [-0.2, -0.15) is 0 Å². The van der Waals surface area contributed by atoms with E-state index in [1.807, 2.05) is 6.07 Å². The lowest BCUT2D eigenvalue weighted by Crippen LogP contribution is -2.22. The molecule has 0 radical (unpaired) electrons. The number of aromatic nitrogens is 2. The van der Waals surface area contributed by atoms with Crippen molar-refractivity contribution in [2.75, 3.05) is 0 Å². The van der Waals surface area contributed by atoms with Crippen molar-refractivity contribution in [2.45, 2.75) is 24.8 Å². The number of imidazole rings is 1. The molecule has 1 heterocycles. The van der Waals surface area contributed by atoms with Crippen LogP contribution in [0.1, 0.15) is 22.9 Å². The van der Waals surface area contributed by atoms with Crippen molar-refractivity contribution in [3.63, 3.8) is 0 Å². The van der Waals surface area contributed by atoms with E-state index in [-0.39, 0.29) is 0 Å². The predicted octanol–water partition coefficient (Wildman–Crippen LogP) is 4.12. The molecule has 100 valence electrons. The van der Waals surface area contributed by atoms with E-state index in [0.29, 0.717) is 11.8 Å². The second-order valence-corrected chi connectivity index (χ2v) is 5.63. The zero-order valence-electron chi connectivity index (χ0n) is 11.1. The Kier molecular flexibility index (Phi) is 2.78. The normalized spacial score (nSPS) is 16.9. The molecule has 20 heavy (non-hydrogen) atoms. The highest BCUT2D eigenvalue weighted by Gasteiger charge is 2.26. The molecule has 0 spiro atoms. The highest BCUT2D eigenvalue weighted by Crippen LogP contribution is 2.37. The fraction of sp³-hybridized carbons (Fsp3) is 0.235. The molecule has 0 bridgehead atoms. The summed E-state index contributed by atoms with van der Waals surface area (Å²) in [5.41, 5.74) is 5.18. The van der Waals surface area contributed by atoms with E-state index in [1.165, 1.54) is 16.6 Å². The first-order chi connectivity index (χ1) is 9.86. The van der Waals surface area contributed by atoms with Gasteiger partial charge in [0.1, 0.15) is 5.82 Å². The summed E-state index contributed by atoms with van der Waals surface area (Å²) in [4.78, 5) is 4.63. The number of rotatable bonds is 3. The summed E-state index contributed by atoms with van der Waals surface area (Å²) >= 11 is 6.07. The molecule has 4 rings (SSSR count). The van der Waals surface area contributed by atoms with Crippen LogP contribution >= 0.6 is 11.6 Å². The fourth-order valence-corrected chi connectivity index (χ4v) is 3.38. The molecule has 1 aliphatic carbocycles. The molecular weight excluding hydrogens is 268 g/mol. The highest BCUT2D eigenvalue weighted by molar-refractivity contribution is 6.16. The number of alkyl halides is 1. The van der Waals surface area contributed by atoms with E-state index < -0.39 is 0 Å². The van der Waals surface area contributed by atoms with Crippen LogP contribution in [0.2, 0.25) is 0 Å². The van der Waals surface area contributed by atoms with E-state index in [4.69, 9.17) is 11.6 Å². The molecule has 1 aromatic heterocycles. The Morgan fingerprint density at radius 2 is 1.90 bits per heavy atom. The summed E-state index contributed by atoms with van der Waals surface area (Å²) in [7, 11) is 0. The van der Waals surface area contributed by atoms with Crippen LogP contribution in [0.25, 0.3) is 11.0 Å². The molecular formula is C17H15ClN2. The molecule has 3 aromatic rings. The number of fused-ring (bicyclic) bond motifs is 2. The first-order valence-electron chi connectivity index (χ1n) is 6.94. The van der Waals surface area contributed by atoms with Crippen LogP contribution in [0.15, 0.2) is 48.5 Å². The van der Waals surface area contributed by atoms with Crippen LogP contribution in [-0.4, -0.2) is 9.55 Å². The zero-order valence-corrected chi connectivity index (χ0v) is 11.8. The molecule has 0 amide bonds. The molecule has 1 aliphatic rings. The molecule has 0 N–H and O–H groups in total. The molecule has 3 heteroatoms. The number of halogens is 1. The Morgan fingerprint density at radius 3 is 2.75 bits per heavy atom. The Balaban J connectivity index is 1.73. The first kappa shape index (κ1) is 12.0. The third kappa shape index (κ3) is 1.75. The van der Waals surface area contributed by atoms with Crippen molar-refractivity contribution in [3.8, 4) is 0 Å². The maximum atomic E-state index is 6.07. The maximum absolute atomic E-state index is 6.07. The van der Waals surface area contributed by atoms with Crippen molar-refractivity contribution in [2.24, 2.45) is 0 Å². The van der Waals surface area contributed by atoms with Crippen LogP contribution in [0.5, 0.6) is 0 Å². The molecule has 0 fully saturated rings. The molecule has 2 aromatic carbocycles. The van der Waals surface area contributed by atoms with Crippen LogP contribution in [0, 0.1) is 0 Å². The molecule has 0 saturated carbocycles. The van der Waals surface area contributed by atoms with E-state index in [0.717, 1.165) is 24.3 Å². The van der Waals surface area contributed by atoms with Crippen molar-refractivity contribution < 1.29 is 0 Å². The number of nitrogens with zero attached hydrogens (tertiary/aromatic N) is 2. The van der Waals surface area contributed by atoms with Crippen LogP contribution in [0.3, 0.4) is 0 Å². The molecule has 2 nitrogen and oxygen atoms in total. The van der Waals surface area contributed by atoms with Gasteiger partial charge in [-0.15, -0.1) is 11.6 Å². The number of hydrogen-bond acceptors (Lipinski definition) is 1. The topological polar surface area (TPSA) is 17.8 Å². The van der Waals surface area contributed by atoms with E-state index in [2.05, 4.69) is 52.0 Å². The van der Waals surface area contributed by atoms with Gasteiger partial charge in [-0.05, 0) is 29.7 Å². The van der Waals surface area contributed by atoms with E-state index in [9.17, 15) is 0 Å². The van der Waals surface area contributed by atoms with Gasteiger partial charge in [0.2, 0.25) is 0 Å². The van der Waals surface area contributed by atoms with Gasteiger partial charge in [-0.1, -0.05) is 36.4 Å². The van der Waals surface area contributed by atoms with E-state index >= 15 is 0 Å². The van der Waals surface area contributed by atoms with Gasteiger partial charge in [-0.3, -0.25) is 0 Å². The van der Waals surface area contributed by atoms with Crippen LogP contribution < -0.4 is 0 Å².